The van der Waals surface area contributed by atoms with Crippen molar-refractivity contribution in [2.75, 3.05) is 20.2 Å². The number of thiophene rings is 1. The molecule has 2 heterocycles. The van der Waals surface area contributed by atoms with Crippen LogP contribution in [0.25, 0.3) is 0 Å². The molecule has 1 aliphatic heterocycles. The zero-order chi connectivity index (χ0) is 23.1. The summed E-state index contributed by atoms with van der Waals surface area (Å²) in [5, 5.41) is 7.85. The fourth-order valence-electron chi connectivity index (χ4n) is 3.79. The highest BCUT2D eigenvalue weighted by molar-refractivity contribution is 7.12. The van der Waals surface area contributed by atoms with Crippen LogP contribution in [0.3, 0.4) is 0 Å². The molecule has 3 amide bonds. The molecule has 8 heteroatoms. The molecule has 0 radical (unpaired) electrons. The maximum Gasteiger partial charge on any atom is 0.263 e. The average molecular weight is 458 g/mol. The number of methoxy groups -OCH3 is 1. The van der Waals surface area contributed by atoms with Gasteiger partial charge in [0.25, 0.3) is 11.8 Å². The van der Waals surface area contributed by atoms with Gasteiger partial charge in [-0.05, 0) is 67.8 Å². The molecular weight excluding hydrogens is 426 g/mol. The van der Waals surface area contributed by atoms with Gasteiger partial charge in [0.1, 0.15) is 11.8 Å². The Balaban J connectivity index is 1.69. The van der Waals surface area contributed by atoms with Crippen LogP contribution in [0.15, 0.2) is 41.8 Å². The van der Waals surface area contributed by atoms with Crippen LogP contribution >= 0.6 is 11.3 Å². The summed E-state index contributed by atoms with van der Waals surface area (Å²) in [7, 11) is 1.57. The van der Waals surface area contributed by atoms with Gasteiger partial charge in [-0.3, -0.25) is 14.4 Å². The predicted octanol–water partition coefficient (Wildman–Crippen LogP) is 3.32. The molecular formula is C24H31N3O4S. The van der Waals surface area contributed by atoms with Crippen LogP contribution in [0.2, 0.25) is 0 Å². The minimum atomic E-state index is -0.655. The van der Waals surface area contributed by atoms with Crippen LogP contribution in [-0.2, 0) is 4.79 Å². The van der Waals surface area contributed by atoms with Crippen LogP contribution < -0.4 is 15.4 Å². The third-order valence-electron chi connectivity index (χ3n) is 5.95. The first-order valence-corrected chi connectivity index (χ1v) is 11.9. The fourth-order valence-corrected chi connectivity index (χ4v) is 4.48. The van der Waals surface area contributed by atoms with Crippen molar-refractivity contribution >= 4 is 29.1 Å². The van der Waals surface area contributed by atoms with Gasteiger partial charge in [-0.15, -0.1) is 11.3 Å². The van der Waals surface area contributed by atoms with E-state index in [1.165, 1.54) is 11.3 Å². The van der Waals surface area contributed by atoms with E-state index in [2.05, 4.69) is 10.6 Å². The molecule has 0 spiro atoms. The van der Waals surface area contributed by atoms with E-state index in [-0.39, 0.29) is 29.7 Å². The van der Waals surface area contributed by atoms with E-state index in [1.54, 1.807) is 31.4 Å². The Hall–Kier alpha value is -2.87. The van der Waals surface area contributed by atoms with E-state index in [1.807, 2.05) is 36.3 Å². The van der Waals surface area contributed by atoms with Crippen molar-refractivity contribution in [1.29, 1.82) is 0 Å². The van der Waals surface area contributed by atoms with Crippen molar-refractivity contribution in [3.05, 3.63) is 52.2 Å². The molecule has 0 saturated carbocycles. The minimum absolute atomic E-state index is 0.0170. The van der Waals surface area contributed by atoms with Gasteiger partial charge in [-0.25, -0.2) is 0 Å². The van der Waals surface area contributed by atoms with Crippen LogP contribution in [0.4, 0.5) is 0 Å². The van der Waals surface area contributed by atoms with Crippen LogP contribution in [0, 0.1) is 5.92 Å². The zero-order valence-electron chi connectivity index (χ0n) is 18.8. The Morgan fingerprint density at radius 1 is 1.12 bits per heavy atom. The van der Waals surface area contributed by atoms with Gasteiger partial charge < -0.3 is 20.3 Å². The summed E-state index contributed by atoms with van der Waals surface area (Å²) in [6, 6.07) is 9.86. The second kappa shape index (κ2) is 11.1. The molecule has 0 aliphatic carbocycles. The molecule has 1 aromatic carbocycles. The number of piperidine rings is 1. The Morgan fingerprint density at radius 2 is 1.81 bits per heavy atom. The van der Waals surface area contributed by atoms with E-state index in [0.29, 0.717) is 37.2 Å². The molecule has 1 aliphatic rings. The van der Waals surface area contributed by atoms with Gasteiger partial charge in [0.05, 0.1) is 12.0 Å². The van der Waals surface area contributed by atoms with Gasteiger partial charge in [0, 0.05) is 24.7 Å². The van der Waals surface area contributed by atoms with Gasteiger partial charge >= 0.3 is 0 Å². The van der Waals surface area contributed by atoms with Crippen LogP contribution in [-0.4, -0.2) is 54.9 Å². The number of amides is 3. The quantitative estimate of drug-likeness (QED) is 0.637. The van der Waals surface area contributed by atoms with E-state index in [9.17, 15) is 14.4 Å². The zero-order valence-corrected chi connectivity index (χ0v) is 19.6. The second-order valence-corrected chi connectivity index (χ2v) is 9.05. The first-order valence-electron chi connectivity index (χ1n) is 11.0. The molecule has 2 atom stereocenters. The summed E-state index contributed by atoms with van der Waals surface area (Å²) in [5.41, 5.74) is 0.470. The van der Waals surface area contributed by atoms with E-state index >= 15 is 0 Å². The molecule has 172 valence electrons. The number of nitrogens with zero attached hydrogens (tertiary/aromatic N) is 1. The molecule has 7 nitrogen and oxygen atoms in total. The second-order valence-electron chi connectivity index (χ2n) is 8.10. The first-order chi connectivity index (χ1) is 15.4. The molecule has 1 fully saturated rings. The largest absolute Gasteiger partial charge is 0.497 e. The number of benzene rings is 1. The number of nitrogens with one attached hydrogen (secondary N) is 2. The number of carbonyl (C=O) groups is 3. The number of hydrogen-bond donors (Lipinski definition) is 2. The molecule has 1 aromatic heterocycles. The van der Waals surface area contributed by atoms with Gasteiger partial charge in [0.15, 0.2) is 0 Å². The highest BCUT2D eigenvalue weighted by Gasteiger charge is 2.34. The van der Waals surface area contributed by atoms with Crippen molar-refractivity contribution in [3.63, 3.8) is 0 Å². The van der Waals surface area contributed by atoms with Crippen molar-refractivity contribution in [2.45, 2.75) is 45.2 Å². The highest BCUT2D eigenvalue weighted by Crippen LogP contribution is 2.24. The molecule has 0 unspecified atom stereocenters. The van der Waals surface area contributed by atoms with Crippen molar-refractivity contribution in [1.82, 2.24) is 15.5 Å². The average Bonchev–Trinajstić information content (AvgIpc) is 3.37. The molecule has 2 N–H and O–H groups in total. The standard InChI is InChI=1S/C24H31N3O4S/c1-4-16(2)25-23(29)21(26-22(28)18-7-9-19(31-3)10-8-18)17-11-13-27(14-12-17)24(30)20-6-5-15-32-20/h5-10,15-17,21H,4,11-14H2,1-3H3,(H,25,29)(H,26,28)/t16-,21-/m1/s1. The monoisotopic (exact) mass is 457 g/mol. The van der Waals surface area contributed by atoms with E-state index in [4.69, 9.17) is 4.74 Å². The maximum atomic E-state index is 13.1. The lowest BCUT2D eigenvalue weighted by molar-refractivity contribution is -0.125. The smallest absolute Gasteiger partial charge is 0.263 e. The maximum absolute atomic E-state index is 13.1. The van der Waals surface area contributed by atoms with E-state index in [0.717, 1.165) is 11.3 Å². The topological polar surface area (TPSA) is 87.7 Å². The number of likely N-dealkylation sites (tertiary alicyclic amines) is 1. The summed E-state index contributed by atoms with van der Waals surface area (Å²) in [4.78, 5) is 41.1. The first kappa shape index (κ1) is 23.8. The predicted molar refractivity (Wildman–Crippen MR) is 125 cm³/mol. The van der Waals surface area contributed by atoms with Gasteiger partial charge in [-0.1, -0.05) is 13.0 Å². The molecule has 0 bridgehead atoms. The lowest BCUT2D eigenvalue weighted by Gasteiger charge is -2.36. The van der Waals surface area contributed by atoms with Crippen LogP contribution in [0.1, 0.15) is 53.1 Å². The summed E-state index contributed by atoms with van der Waals surface area (Å²) in [6.45, 7) is 5.08. The van der Waals surface area contributed by atoms with Gasteiger partial charge in [0.2, 0.25) is 5.91 Å². The molecule has 1 saturated heterocycles. The number of ether oxygens (including phenoxy) is 1. The highest BCUT2D eigenvalue weighted by atomic mass is 32.1. The third-order valence-corrected chi connectivity index (χ3v) is 6.81. The van der Waals surface area contributed by atoms with Crippen molar-refractivity contribution in [3.8, 4) is 5.75 Å². The van der Waals surface area contributed by atoms with Crippen molar-refractivity contribution < 1.29 is 19.1 Å². The summed E-state index contributed by atoms with van der Waals surface area (Å²) in [6.07, 6.45) is 2.11. The van der Waals surface area contributed by atoms with Crippen LogP contribution in [0.5, 0.6) is 5.75 Å². The lowest BCUT2D eigenvalue weighted by Crippen LogP contribution is -2.55. The number of hydrogen-bond acceptors (Lipinski definition) is 5. The Bertz CT molecular complexity index is 906. The fraction of sp³-hybridized carbons (Fsp3) is 0.458. The molecule has 3 rings (SSSR count). The number of carbonyl (C=O) groups excluding carboxylic acids is 3. The third kappa shape index (κ3) is 5.88. The van der Waals surface area contributed by atoms with Crippen molar-refractivity contribution in [2.24, 2.45) is 5.92 Å². The SMILES string of the molecule is CC[C@@H](C)NC(=O)[C@H](NC(=O)c1ccc(OC)cc1)C1CCN(C(=O)c2cccs2)CC1. The Kier molecular flexibility index (Phi) is 8.27. The summed E-state index contributed by atoms with van der Waals surface area (Å²) >= 11 is 1.43. The summed E-state index contributed by atoms with van der Waals surface area (Å²) in [5.74, 6) is 0.170. The van der Waals surface area contributed by atoms with Gasteiger partial charge in [-0.2, -0.15) is 0 Å². The van der Waals surface area contributed by atoms with E-state index < -0.39 is 6.04 Å². The molecule has 2 aromatic rings. The minimum Gasteiger partial charge on any atom is -0.497 e. The summed E-state index contributed by atoms with van der Waals surface area (Å²) < 4.78 is 5.15. The Morgan fingerprint density at radius 3 is 2.38 bits per heavy atom. The molecule has 32 heavy (non-hydrogen) atoms. The Labute approximate surface area is 193 Å². The lowest BCUT2D eigenvalue weighted by atomic mass is 9.88. The number of rotatable bonds is 8. The normalized spacial score (nSPS) is 16.2.